The molecule has 140 valence electrons. The molecule has 1 aliphatic heterocycles. The molecule has 1 rings (SSSR count). The van der Waals surface area contributed by atoms with E-state index in [4.69, 9.17) is 9.84 Å². The number of carbonyl (C=O) groups is 1. The fraction of sp³-hybridized carbons (Fsp3) is 0.850. The molecule has 3 nitrogen and oxygen atoms in total. The van der Waals surface area contributed by atoms with Gasteiger partial charge in [-0.25, -0.2) is 4.79 Å². The quantitative estimate of drug-likeness (QED) is 0.309. The molecule has 0 radical (unpaired) electrons. The number of hydrogen-bond acceptors (Lipinski definition) is 3. The Kier molecular flexibility index (Phi) is 13.3. The summed E-state index contributed by atoms with van der Waals surface area (Å²) in [5, 5.41) is 8.55. The molecule has 1 aliphatic rings. The third-order valence-corrected chi connectivity index (χ3v) is 6.00. The zero-order chi connectivity index (χ0) is 17.5. The lowest BCUT2D eigenvalue weighted by Crippen LogP contribution is -2.15. The van der Waals surface area contributed by atoms with Gasteiger partial charge in [0.1, 0.15) is 0 Å². The summed E-state index contributed by atoms with van der Waals surface area (Å²) >= 11 is 2.11. The Bertz CT molecular complexity index is 344. The van der Waals surface area contributed by atoms with E-state index in [2.05, 4.69) is 18.7 Å². The van der Waals surface area contributed by atoms with Gasteiger partial charge in [0.15, 0.2) is 0 Å². The second-order valence-corrected chi connectivity index (χ2v) is 8.08. The van der Waals surface area contributed by atoms with Gasteiger partial charge in [0.05, 0.1) is 6.61 Å². The van der Waals surface area contributed by atoms with E-state index in [0.29, 0.717) is 5.92 Å². The first-order chi connectivity index (χ1) is 11.7. The Labute approximate surface area is 152 Å². The lowest BCUT2D eigenvalue weighted by Gasteiger charge is -2.17. The molecule has 24 heavy (non-hydrogen) atoms. The van der Waals surface area contributed by atoms with E-state index in [0.717, 1.165) is 32.0 Å². The third kappa shape index (κ3) is 11.1. The molecule has 2 unspecified atom stereocenters. The van der Waals surface area contributed by atoms with Gasteiger partial charge in [-0.3, -0.25) is 0 Å². The Morgan fingerprint density at radius 3 is 2.62 bits per heavy atom. The van der Waals surface area contributed by atoms with Crippen LogP contribution < -0.4 is 0 Å². The van der Waals surface area contributed by atoms with Crippen LogP contribution in [0.15, 0.2) is 12.2 Å². The van der Waals surface area contributed by atoms with Gasteiger partial charge in [0.2, 0.25) is 0 Å². The average Bonchev–Trinajstić information content (AvgIpc) is 3.00. The Morgan fingerprint density at radius 2 is 1.83 bits per heavy atom. The topological polar surface area (TPSA) is 46.5 Å². The Hall–Kier alpha value is -0.480. The van der Waals surface area contributed by atoms with Crippen LogP contribution in [0.4, 0.5) is 0 Å². The summed E-state index contributed by atoms with van der Waals surface area (Å²) in [5.41, 5.74) is 0. The van der Waals surface area contributed by atoms with E-state index in [1.165, 1.54) is 68.9 Å². The normalized spacial score (nSPS) is 20.9. The molecule has 0 spiro atoms. The fourth-order valence-electron chi connectivity index (χ4n) is 3.22. The van der Waals surface area contributed by atoms with Gasteiger partial charge in [-0.15, -0.1) is 0 Å². The first kappa shape index (κ1) is 21.6. The minimum absolute atomic E-state index is 0.713. The lowest BCUT2D eigenvalue weighted by molar-refractivity contribution is -0.131. The van der Waals surface area contributed by atoms with Crippen molar-refractivity contribution in [2.24, 2.45) is 11.8 Å². The molecule has 0 bridgehead atoms. The van der Waals surface area contributed by atoms with E-state index >= 15 is 0 Å². The molecule has 0 aromatic heterocycles. The maximum atomic E-state index is 10.4. The standard InChI is InChI=1S/C20H36O3S/c1-2-3-4-5-8-11-14-24-17-19-16-23-15-18(19)12-9-6-7-10-13-20(21)22/h10,13,18-19H,2-9,11-12,14-17H2,1H3,(H,21,22)/b13-10+. The monoisotopic (exact) mass is 356 g/mol. The highest BCUT2D eigenvalue weighted by Gasteiger charge is 2.27. The van der Waals surface area contributed by atoms with Crippen molar-refractivity contribution in [2.75, 3.05) is 24.7 Å². The van der Waals surface area contributed by atoms with E-state index < -0.39 is 5.97 Å². The van der Waals surface area contributed by atoms with Crippen LogP contribution in [0, 0.1) is 11.8 Å². The SMILES string of the molecule is CCCCCCCCSCC1COCC1CCCC/C=C/C(=O)O. The number of carboxylic acid groups (broad SMARTS) is 1. The number of carboxylic acids is 1. The van der Waals surface area contributed by atoms with E-state index in [-0.39, 0.29) is 0 Å². The number of hydrogen-bond donors (Lipinski definition) is 1. The highest BCUT2D eigenvalue weighted by molar-refractivity contribution is 7.99. The van der Waals surface area contributed by atoms with Gasteiger partial charge in [-0.1, -0.05) is 51.5 Å². The van der Waals surface area contributed by atoms with Crippen molar-refractivity contribution >= 4 is 17.7 Å². The molecule has 1 saturated heterocycles. The van der Waals surface area contributed by atoms with Crippen molar-refractivity contribution in [1.82, 2.24) is 0 Å². The molecular weight excluding hydrogens is 320 g/mol. The van der Waals surface area contributed by atoms with Crippen LogP contribution in [0.25, 0.3) is 0 Å². The maximum Gasteiger partial charge on any atom is 0.327 e. The largest absolute Gasteiger partial charge is 0.478 e. The lowest BCUT2D eigenvalue weighted by atomic mass is 9.92. The number of allylic oxidation sites excluding steroid dienone is 1. The smallest absolute Gasteiger partial charge is 0.327 e. The van der Waals surface area contributed by atoms with Gasteiger partial charge in [0, 0.05) is 12.7 Å². The van der Waals surface area contributed by atoms with Gasteiger partial charge < -0.3 is 9.84 Å². The Balaban J connectivity index is 1.99. The summed E-state index contributed by atoms with van der Waals surface area (Å²) in [5.74, 6) is 3.14. The average molecular weight is 357 g/mol. The summed E-state index contributed by atoms with van der Waals surface area (Å²) in [6, 6.07) is 0. The van der Waals surface area contributed by atoms with Crippen molar-refractivity contribution in [2.45, 2.75) is 71.1 Å². The van der Waals surface area contributed by atoms with Crippen LogP contribution in [0.5, 0.6) is 0 Å². The van der Waals surface area contributed by atoms with Gasteiger partial charge in [-0.05, 0) is 49.0 Å². The van der Waals surface area contributed by atoms with Crippen molar-refractivity contribution in [3.63, 3.8) is 0 Å². The number of rotatable bonds is 15. The van der Waals surface area contributed by atoms with Crippen molar-refractivity contribution < 1.29 is 14.6 Å². The van der Waals surface area contributed by atoms with E-state index in [1.807, 2.05) is 0 Å². The van der Waals surface area contributed by atoms with Crippen LogP contribution in [0.2, 0.25) is 0 Å². The number of ether oxygens (including phenoxy) is 1. The van der Waals surface area contributed by atoms with Gasteiger partial charge in [-0.2, -0.15) is 11.8 Å². The second-order valence-electron chi connectivity index (χ2n) is 6.93. The predicted octanol–water partition coefficient (Wildman–Crippen LogP) is 5.54. The van der Waals surface area contributed by atoms with Crippen LogP contribution in [-0.2, 0) is 9.53 Å². The van der Waals surface area contributed by atoms with Crippen molar-refractivity contribution in [1.29, 1.82) is 0 Å². The van der Waals surface area contributed by atoms with Gasteiger partial charge >= 0.3 is 5.97 Å². The predicted molar refractivity (Wildman–Crippen MR) is 104 cm³/mol. The molecular formula is C20H36O3S. The van der Waals surface area contributed by atoms with E-state index in [1.54, 1.807) is 6.08 Å². The summed E-state index contributed by atoms with van der Waals surface area (Å²) in [4.78, 5) is 10.4. The number of aliphatic carboxylic acids is 1. The van der Waals surface area contributed by atoms with Crippen molar-refractivity contribution in [3.05, 3.63) is 12.2 Å². The minimum Gasteiger partial charge on any atom is -0.478 e. The highest BCUT2D eigenvalue weighted by atomic mass is 32.2. The molecule has 0 saturated carbocycles. The Morgan fingerprint density at radius 1 is 1.08 bits per heavy atom. The summed E-state index contributed by atoms with van der Waals surface area (Å²) < 4.78 is 5.70. The van der Waals surface area contributed by atoms with Crippen LogP contribution in [0.3, 0.4) is 0 Å². The van der Waals surface area contributed by atoms with E-state index in [9.17, 15) is 4.79 Å². The molecule has 0 aromatic carbocycles. The van der Waals surface area contributed by atoms with Gasteiger partial charge in [0.25, 0.3) is 0 Å². The van der Waals surface area contributed by atoms with Crippen molar-refractivity contribution in [3.8, 4) is 0 Å². The highest BCUT2D eigenvalue weighted by Crippen LogP contribution is 2.29. The molecule has 2 atom stereocenters. The van der Waals surface area contributed by atoms with Crippen LogP contribution in [0.1, 0.15) is 71.1 Å². The summed E-state index contributed by atoms with van der Waals surface area (Å²) in [6.07, 6.45) is 15.6. The number of thioether (sulfide) groups is 1. The zero-order valence-electron chi connectivity index (χ0n) is 15.4. The zero-order valence-corrected chi connectivity index (χ0v) is 16.2. The molecule has 0 amide bonds. The molecule has 1 N–H and O–H groups in total. The summed E-state index contributed by atoms with van der Waals surface area (Å²) in [6.45, 7) is 4.13. The molecule has 0 aliphatic carbocycles. The minimum atomic E-state index is -0.846. The van der Waals surface area contributed by atoms with Crippen LogP contribution >= 0.6 is 11.8 Å². The fourth-order valence-corrected chi connectivity index (χ4v) is 4.46. The second kappa shape index (κ2) is 14.8. The first-order valence-electron chi connectivity index (χ1n) is 9.79. The molecule has 4 heteroatoms. The first-order valence-corrected chi connectivity index (χ1v) is 10.9. The van der Waals surface area contributed by atoms with Crippen LogP contribution in [-0.4, -0.2) is 35.8 Å². The molecule has 0 aromatic rings. The molecule has 1 heterocycles. The summed E-state index contributed by atoms with van der Waals surface area (Å²) in [7, 11) is 0. The number of unbranched alkanes of at least 4 members (excludes halogenated alkanes) is 7. The maximum absolute atomic E-state index is 10.4. The molecule has 1 fully saturated rings. The third-order valence-electron chi connectivity index (χ3n) is 4.76.